The summed E-state index contributed by atoms with van der Waals surface area (Å²) < 4.78 is 3.27. The first-order valence-corrected chi connectivity index (χ1v) is 12.5. The van der Waals surface area contributed by atoms with Crippen LogP contribution in [0.1, 0.15) is 55.4 Å². The molecule has 0 aliphatic carbocycles. The third kappa shape index (κ3) is 6.21. The number of anilines is 1. The van der Waals surface area contributed by atoms with Crippen LogP contribution in [-0.2, 0) is 17.6 Å². The van der Waals surface area contributed by atoms with Crippen LogP contribution in [0.5, 0.6) is 0 Å². The Morgan fingerprint density at radius 1 is 1.33 bits per heavy atom. The van der Waals surface area contributed by atoms with Crippen molar-refractivity contribution >= 4 is 46.8 Å². The Hall–Kier alpha value is -2.69. The predicted molar refractivity (Wildman–Crippen MR) is 136 cm³/mol. The number of nitrogens with zero attached hydrogens (tertiary/aromatic N) is 4. The summed E-state index contributed by atoms with van der Waals surface area (Å²) in [6.45, 7) is 8.58. The largest absolute Gasteiger partial charge is 0.478 e. The van der Waals surface area contributed by atoms with Gasteiger partial charge in [-0.3, -0.25) is 13.5 Å². The van der Waals surface area contributed by atoms with Crippen LogP contribution < -0.4 is 15.6 Å². The summed E-state index contributed by atoms with van der Waals surface area (Å²) in [7, 11) is 0. The van der Waals surface area contributed by atoms with Crippen molar-refractivity contribution in [2.75, 3.05) is 10.8 Å². The lowest BCUT2D eigenvalue weighted by atomic mass is 10.1. The maximum absolute atomic E-state index is 13.2. The Bertz CT molecular complexity index is 1220. The maximum Gasteiger partial charge on any atom is 0.328 e. The van der Waals surface area contributed by atoms with Crippen LogP contribution in [0.3, 0.4) is 0 Å². The first kappa shape index (κ1) is 24.9. The zero-order valence-corrected chi connectivity index (χ0v) is 20.8. The van der Waals surface area contributed by atoms with E-state index in [9.17, 15) is 9.59 Å². The van der Waals surface area contributed by atoms with Crippen LogP contribution in [0.4, 0.5) is 5.82 Å². The van der Waals surface area contributed by atoms with Gasteiger partial charge in [0.25, 0.3) is 5.56 Å². The molecule has 8 nitrogen and oxygen atoms in total. The normalized spacial score (nSPS) is 12.7. The molecule has 0 fully saturated rings. The number of carboxylic acids is 1. The lowest BCUT2D eigenvalue weighted by Crippen LogP contribution is -2.28. The minimum absolute atomic E-state index is 0.210. The molecule has 0 bridgehead atoms. The number of thiazole rings is 1. The zero-order chi connectivity index (χ0) is 24.1. The highest BCUT2D eigenvalue weighted by Gasteiger charge is 2.18. The molecule has 3 aromatic heterocycles. The number of aryl methyl sites for hydroxylation is 2. The summed E-state index contributed by atoms with van der Waals surface area (Å²) in [5.74, 6) is -0.322. The number of nitrogens with two attached hydrogens (primary N) is 1. The summed E-state index contributed by atoms with van der Waals surface area (Å²) in [6.07, 6.45) is 5.53. The van der Waals surface area contributed by atoms with Gasteiger partial charge in [0.05, 0.1) is 21.6 Å². The van der Waals surface area contributed by atoms with Crippen molar-refractivity contribution in [2.24, 2.45) is 5.73 Å². The molecule has 0 amide bonds. The second kappa shape index (κ2) is 11.0. The van der Waals surface area contributed by atoms with Crippen molar-refractivity contribution in [3.63, 3.8) is 0 Å². The van der Waals surface area contributed by atoms with E-state index in [-0.39, 0.29) is 16.5 Å². The van der Waals surface area contributed by atoms with E-state index in [0.29, 0.717) is 23.9 Å². The van der Waals surface area contributed by atoms with Crippen molar-refractivity contribution in [2.45, 2.75) is 51.8 Å². The molecule has 33 heavy (non-hydrogen) atoms. The van der Waals surface area contributed by atoms with Gasteiger partial charge in [-0.05, 0) is 61.9 Å². The number of carbonyl (C=O) groups is 1. The first-order chi connectivity index (χ1) is 15.7. The van der Waals surface area contributed by atoms with E-state index in [0.717, 1.165) is 35.2 Å². The van der Waals surface area contributed by atoms with Gasteiger partial charge < -0.3 is 10.8 Å². The van der Waals surface area contributed by atoms with Gasteiger partial charge in [0.2, 0.25) is 0 Å². The lowest BCUT2D eigenvalue weighted by Gasteiger charge is -2.24. The fraction of sp³-hybridized carbons (Fsp3) is 0.391. The molecule has 0 aromatic carbocycles. The van der Waals surface area contributed by atoms with E-state index >= 15 is 0 Å². The third-order valence-corrected chi connectivity index (χ3v) is 6.85. The number of aromatic nitrogens is 3. The van der Waals surface area contributed by atoms with E-state index < -0.39 is 5.97 Å². The average Bonchev–Trinajstić information content (AvgIpc) is 3.24. The van der Waals surface area contributed by atoms with Crippen molar-refractivity contribution in [3.8, 4) is 0 Å². The van der Waals surface area contributed by atoms with Gasteiger partial charge in [-0.1, -0.05) is 13.8 Å². The number of hydrogen-bond acceptors (Lipinski definition) is 8. The van der Waals surface area contributed by atoms with E-state index in [1.54, 1.807) is 17.5 Å². The number of rotatable bonds is 10. The zero-order valence-electron chi connectivity index (χ0n) is 19.2. The molecule has 0 saturated heterocycles. The summed E-state index contributed by atoms with van der Waals surface area (Å²) in [5, 5.41) is 12.0. The first-order valence-electron chi connectivity index (χ1n) is 10.8. The van der Waals surface area contributed by atoms with Crippen molar-refractivity contribution in [3.05, 3.63) is 62.0 Å². The summed E-state index contributed by atoms with van der Waals surface area (Å²) in [4.78, 5) is 33.7. The van der Waals surface area contributed by atoms with Crippen LogP contribution in [0.15, 0.2) is 34.6 Å². The molecule has 3 aromatic rings. The third-order valence-electron chi connectivity index (χ3n) is 4.91. The summed E-state index contributed by atoms with van der Waals surface area (Å²) >= 11 is 3.02. The molecule has 1 unspecified atom stereocenters. The Balaban J connectivity index is 2.00. The molecular formula is C23H29N5O3S2. The maximum atomic E-state index is 13.2. The van der Waals surface area contributed by atoms with Gasteiger partial charge in [0, 0.05) is 30.6 Å². The molecule has 10 heteroatoms. The van der Waals surface area contributed by atoms with Gasteiger partial charge in [-0.25, -0.2) is 14.8 Å². The molecule has 0 spiro atoms. The highest BCUT2D eigenvalue weighted by atomic mass is 32.2. The molecule has 3 heterocycles. The Morgan fingerprint density at radius 2 is 2.09 bits per heavy atom. The minimum atomic E-state index is -1.13. The molecule has 1 atom stereocenters. The molecule has 0 aliphatic heterocycles. The van der Waals surface area contributed by atoms with Gasteiger partial charge in [0.15, 0.2) is 5.82 Å². The van der Waals surface area contributed by atoms with Gasteiger partial charge >= 0.3 is 5.97 Å². The van der Waals surface area contributed by atoms with Gasteiger partial charge in [-0.15, -0.1) is 11.3 Å². The van der Waals surface area contributed by atoms with E-state index in [1.165, 1.54) is 22.4 Å². The molecule has 0 saturated carbocycles. The Kier molecular flexibility index (Phi) is 8.28. The van der Waals surface area contributed by atoms with Crippen LogP contribution in [-0.4, -0.2) is 37.4 Å². The van der Waals surface area contributed by atoms with E-state index in [2.05, 4.69) is 19.2 Å². The predicted octanol–water partition coefficient (Wildman–Crippen LogP) is 3.94. The quantitative estimate of drug-likeness (QED) is 0.251. The number of aliphatic carboxylic acids is 1. The summed E-state index contributed by atoms with van der Waals surface area (Å²) in [6, 6.07) is 3.79. The van der Waals surface area contributed by atoms with Crippen molar-refractivity contribution in [1.82, 2.24) is 14.4 Å². The van der Waals surface area contributed by atoms with Gasteiger partial charge in [0.1, 0.15) is 5.65 Å². The molecule has 3 rings (SSSR count). The smallest absolute Gasteiger partial charge is 0.328 e. The average molecular weight is 488 g/mol. The number of carboxylic acid groups (broad SMARTS) is 1. The molecule has 176 valence electrons. The van der Waals surface area contributed by atoms with Crippen LogP contribution >= 0.6 is 23.3 Å². The van der Waals surface area contributed by atoms with Crippen LogP contribution in [0.25, 0.3) is 11.7 Å². The number of fused-ring (bicyclic) bond motifs is 1. The van der Waals surface area contributed by atoms with Crippen molar-refractivity contribution in [1.29, 1.82) is 0 Å². The highest BCUT2D eigenvalue weighted by molar-refractivity contribution is 8.01. The summed E-state index contributed by atoms with van der Waals surface area (Å²) in [5.41, 5.74) is 8.51. The minimum Gasteiger partial charge on any atom is -0.478 e. The van der Waals surface area contributed by atoms with E-state index in [4.69, 9.17) is 20.8 Å². The highest BCUT2D eigenvalue weighted by Crippen LogP contribution is 2.26. The molecule has 3 N–H and O–H groups in total. The lowest BCUT2D eigenvalue weighted by molar-refractivity contribution is -0.131. The molecule has 0 aliphatic rings. The van der Waals surface area contributed by atoms with E-state index in [1.807, 2.05) is 30.3 Å². The van der Waals surface area contributed by atoms with Gasteiger partial charge in [-0.2, -0.15) is 0 Å². The van der Waals surface area contributed by atoms with Crippen molar-refractivity contribution < 1.29 is 9.90 Å². The van der Waals surface area contributed by atoms with Crippen LogP contribution in [0, 0.1) is 0 Å². The monoisotopic (exact) mass is 487 g/mol. The standard InChI is InChI=1S/C23H29N5O3S2/c1-5-28(33-15(4)24)22-17(7-9-21(29)30)23(31)27-11-10-16(12-19(27)26-22)6-8-20-25-18(13-32-20)14(2)3/h7,9-15H,5-6,8,24H2,1-4H3,(H,29,30)/b9-7+. The topological polar surface area (TPSA) is 114 Å². The van der Waals surface area contributed by atoms with Crippen LogP contribution in [0.2, 0.25) is 0 Å². The second-order valence-corrected chi connectivity index (χ2v) is 10.3. The number of hydrogen-bond donors (Lipinski definition) is 2. The Morgan fingerprint density at radius 3 is 2.70 bits per heavy atom. The Labute approximate surface area is 201 Å². The number of pyridine rings is 1. The SMILES string of the molecule is CCN(SC(C)N)c1nc2cc(CCc3nc(C(C)C)cs3)ccn2c(=O)c1/C=C/C(=O)O. The molecular weight excluding hydrogens is 458 g/mol. The fourth-order valence-electron chi connectivity index (χ4n) is 3.26. The fourth-order valence-corrected chi connectivity index (χ4v) is 5.01. The second-order valence-electron chi connectivity index (χ2n) is 7.92. The molecule has 0 radical (unpaired) electrons.